The molecule has 1 aliphatic carbocycles. The Morgan fingerprint density at radius 2 is 1.97 bits per heavy atom. The summed E-state index contributed by atoms with van der Waals surface area (Å²) in [6, 6.07) is 8.88. The number of amides is 1. The van der Waals surface area contributed by atoms with Crippen molar-refractivity contribution < 1.29 is 19.1 Å². The van der Waals surface area contributed by atoms with Gasteiger partial charge in [-0.1, -0.05) is 19.6 Å². The Kier molecular flexibility index (Phi) is 5.72. The Balaban J connectivity index is 0.00000240. The number of carboxylic acid groups (broad SMARTS) is 1. The number of carbonyl (C=O) groups is 2. The number of pyridine rings is 1. The molecule has 1 aromatic carbocycles. The molecule has 4 rings (SSSR count). The van der Waals surface area contributed by atoms with E-state index < -0.39 is 11.9 Å². The van der Waals surface area contributed by atoms with E-state index in [9.17, 15) is 14.0 Å². The molecule has 0 spiro atoms. The molecule has 1 unspecified atom stereocenters. The molecule has 149 valence electrons. The largest absolute Gasteiger partial charge is 0.478 e. The van der Waals surface area contributed by atoms with Crippen LogP contribution >= 0.6 is 0 Å². The second kappa shape index (κ2) is 8.22. The number of nitrogens with one attached hydrogen (secondary N) is 1. The van der Waals surface area contributed by atoms with Crippen LogP contribution in [0.2, 0.25) is 0 Å². The van der Waals surface area contributed by atoms with E-state index in [1.54, 1.807) is 29.1 Å². The van der Waals surface area contributed by atoms with Gasteiger partial charge in [-0.05, 0) is 43.5 Å². The van der Waals surface area contributed by atoms with Crippen molar-refractivity contribution in [3.8, 4) is 5.69 Å². The number of hydrogen-bond acceptors (Lipinski definition) is 4. The van der Waals surface area contributed by atoms with Crippen molar-refractivity contribution in [2.24, 2.45) is 0 Å². The van der Waals surface area contributed by atoms with Gasteiger partial charge in [-0.3, -0.25) is 9.78 Å². The van der Waals surface area contributed by atoms with Crippen LogP contribution in [0.5, 0.6) is 0 Å². The van der Waals surface area contributed by atoms with Crippen molar-refractivity contribution in [1.29, 1.82) is 0 Å². The van der Waals surface area contributed by atoms with Gasteiger partial charge in [0.05, 0.1) is 17.8 Å². The molecule has 8 heteroatoms. The quantitative estimate of drug-likeness (QED) is 0.706. The number of aromatic carboxylic acids is 1. The van der Waals surface area contributed by atoms with E-state index in [-0.39, 0.29) is 30.5 Å². The maximum Gasteiger partial charge on any atom is 0.337 e. The lowest BCUT2D eigenvalue weighted by Gasteiger charge is -2.24. The number of carbonyl (C=O) groups excluding carboxylic acids is 1. The van der Waals surface area contributed by atoms with E-state index in [1.165, 1.54) is 18.2 Å². The standard InChI is InChI=1S/C20H17FN4O3.CH3/c21-14-4-1-2-6-18(14)25-17-7-3-5-15(13(17)11-23-25)24-19(26)16-9-8-12(10-22-16)20(27)28;/h1-2,4,6,8-11,15H,3,5,7H2,(H,24,26)(H,27,28);1H3. The molecular weight excluding hydrogens is 375 g/mol. The highest BCUT2D eigenvalue weighted by atomic mass is 19.1. The van der Waals surface area contributed by atoms with Crippen molar-refractivity contribution in [3.05, 3.63) is 84.6 Å². The zero-order chi connectivity index (χ0) is 19.7. The van der Waals surface area contributed by atoms with Gasteiger partial charge in [0.1, 0.15) is 17.2 Å². The molecule has 0 saturated heterocycles. The van der Waals surface area contributed by atoms with Crippen molar-refractivity contribution >= 4 is 11.9 Å². The first-order valence-corrected chi connectivity index (χ1v) is 8.86. The van der Waals surface area contributed by atoms with Gasteiger partial charge < -0.3 is 10.4 Å². The average Bonchev–Trinajstić information content (AvgIpc) is 3.13. The fourth-order valence-corrected chi connectivity index (χ4v) is 3.42. The van der Waals surface area contributed by atoms with Crippen LogP contribution in [0.25, 0.3) is 5.69 Å². The summed E-state index contributed by atoms with van der Waals surface area (Å²) in [6.07, 6.45) is 5.10. The van der Waals surface area contributed by atoms with Crippen LogP contribution in [0, 0.1) is 13.2 Å². The predicted octanol–water partition coefficient (Wildman–Crippen LogP) is 3.36. The van der Waals surface area contributed by atoms with Crippen LogP contribution in [0.15, 0.2) is 48.8 Å². The van der Waals surface area contributed by atoms with Gasteiger partial charge in [0.2, 0.25) is 0 Å². The predicted molar refractivity (Wildman–Crippen MR) is 104 cm³/mol. The molecule has 1 amide bonds. The van der Waals surface area contributed by atoms with Gasteiger partial charge in [0, 0.05) is 17.5 Å². The zero-order valence-electron chi connectivity index (χ0n) is 15.8. The normalized spacial score (nSPS) is 15.1. The number of halogens is 1. The van der Waals surface area contributed by atoms with E-state index in [2.05, 4.69) is 15.4 Å². The monoisotopic (exact) mass is 395 g/mol. The van der Waals surface area contributed by atoms with Crippen LogP contribution in [0.3, 0.4) is 0 Å². The van der Waals surface area contributed by atoms with Crippen molar-refractivity contribution in [2.75, 3.05) is 0 Å². The number of hydrogen-bond donors (Lipinski definition) is 2. The first kappa shape index (κ1) is 20.2. The summed E-state index contributed by atoms with van der Waals surface area (Å²) in [6.45, 7) is 0. The molecule has 0 aliphatic heterocycles. The molecule has 29 heavy (non-hydrogen) atoms. The van der Waals surface area contributed by atoms with E-state index in [0.717, 1.165) is 36.7 Å². The molecule has 0 bridgehead atoms. The topological polar surface area (TPSA) is 97.1 Å². The summed E-state index contributed by atoms with van der Waals surface area (Å²) in [5, 5.41) is 16.2. The summed E-state index contributed by atoms with van der Waals surface area (Å²) in [4.78, 5) is 27.4. The Morgan fingerprint density at radius 1 is 1.17 bits per heavy atom. The highest BCUT2D eigenvalue weighted by molar-refractivity contribution is 5.94. The first-order chi connectivity index (χ1) is 13.5. The third-order valence-electron chi connectivity index (χ3n) is 4.81. The molecule has 1 atom stereocenters. The number of carboxylic acids is 1. The first-order valence-electron chi connectivity index (χ1n) is 8.86. The SMILES string of the molecule is O=C(O)c1ccc(C(=O)NC2CCCc3c2cnn3-c2ccccc2F)nc1.[CH3]. The van der Waals surface area contributed by atoms with E-state index in [4.69, 9.17) is 5.11 Å². The number of rotatable bonds is 4. The third-order valence-corrected chi connectivity index (χ3v) is 4.81. The maximum absolute atomic E-state index is 14.2. The molecule has 2 N–H and O–H groups in total. The lowest BCUT2D eigenvalue weighted by molar-refractivity contribution is 0.0695. The van der Waals surface area contributed by atoms with Crippen LogP contribution in [-0.2, 0) is 6.42 Å². The lowest BCUT2D eigenvalue weighted by atomic mass is 9.92. The van der Waals surface area contributed by atoms with Gasteiger partial charge in [0.15, 0.2) is 0 Å². The summed E-state index contributed by atoms with van der Waals surface area (Å²) < 4.78 is 15.7. The molecule has 1 radical (unpaired) electrons. The van der Waals surface area contributed by atoms with Crippen LogP contribution in [-0.4, -0.2) is 31.7 Å². The highest BCUT2D eigenvalue weighted by Gasteiger charge is 2.27. The highest BCUT2D eigenvalue weighted by Crippen LogP contribution is 2.31. The average molecular weight is 395 g/mol. The van der Waals surface area contributed by atoms with Gasteiger partial charge in [-0.25, -0.2) is 13.9 Å². The van der Waals surface area contributed by atoms with Crippen molar-refractivity contribution in [3.63, 3.8) is 0 Å². The Bertz CT molecular complexity index is 1050. The fourth-order valence-electron chi connectivity index (χ4n) is 3.42. The molecular formula is C21H20FN4O3. The molecule has 7 nitrogen and oxygen atoms in total. The molecule has 1 aliphatic rings. The van der Waals surface area contributed by atoms with Crippen molar-refractivity contribution in [2.45, 2.75) is 25.3 Å². The molecule has 0 fully saturated rings. The minimum absolute atomic E-state index is 0. The molecule has 2 aromatic heterocycles. The molecule has 0 saturated carbocycles. The Hall–Kier alpha value is -3.55. The minimum Gasteiger partial charge on any atom is -0.478 e. The van der Waals surface area contributed by atoms with Crippen LogP contribution in [0.4, 0.5) is 4.39 Å². The van der Waals surface area contributed by atoms with E-state index in [0.29, 0.717) is 5.69 Å². The lowest BCUT2D eigenvalue weighted by Crippen LogP contribution is -2.31. The summed E-state index contributed by atoms with van der Waals surface area (Å²) >= 11 is 0. The number of benzene rings is 1. The number of aromatic nitrogens is 3. The van der Waals surface area contributed by atoms with E-state index >= 15 is 0 Å². The fraction of sp³-hybridized carbons (Fsp3) is 0.190. The third kappa shape index (κ3) is 3.87. The second-order valence-corrected chi connectivity index (χ2v) is 6.57. The van der Waals surface area contributed by atoms with Gasteiger partial charge >= 0.3 is 5.97 Å². The zero-order valence-corrected chi connectivity index (χ0v) is 15.8. The second-order valence-electron chi connectivity index (χ2n) is 6.57. The summed E-state index contributed by atoms with van der Waals surface area (Å²) in [7, 11) is 0. The van der Waals surface area contributed by atoms with Gasteiger partial charge in [0.25, 0.3) is 5.91 Å². The number of para-hydroxylation sites is 1. The maximum atomic E-state index is 14.2. The summed E-state index contributed by atoms with van der Waals surface area (Å²) in [5.74, 6) is -1.85. The smallest absolute Gasteiger partial charge is 0.337 e. The minimum atomic E-state index is -1.10. The van der Waals surface area contributed by atoms with Gasteiger partial charge in [-0.15, -0.1) is 0 Å². The van der Waals surface area contributed by atoms with E-state index in [1.807, 2.05) is 0 Å². The number of fused-ring (bicyclic) bond motifs is 1. The molecule has 3 aromatic rings. The van der Waals surface area contributed by atoms with Crippen LogP contribution < -0.4 is 5.32 Å². The Morgan fingerprint density at radius 3 is 2.66 bits per heavy atom. The van der Waals surface area contributed by atoms with Crippen LogP contribution in [0.1, 0.15) is 51.0 Å². The Labute approximate surface area is 167 Å². The van der Waals surface area contributed by atoms with Crippen molar-refractivity contribution in [1.82, 2.24) is 20.1 Å². The number of nitrogens with zero attached hydrogens (tertiary/aromatic N) is 3. The summed E-state index contributed by atoms with van der Waals surface area (Å²) in [5.41, 5.74) is 2.25. The molecule has 2 heterocycles. The van der Waals surface area contributed by atoms with Gasteiger partial charge in [-0.2, -0.15) is 5.10 Å².